The summed E-state index contributed by atoms with van der Waals surface area (Å²) in [7, 11) is 0. The number of carbonyl (C=O) groups is 1. The molecule has 1 N–H and O–H groups in total. The van der Waals surface area contributed by atoms with E-state index in [-0.39, 0.29) is 16.3 Å². The highest BCUT2D eigenvalue weighted by atomic mass is 35.5. The lowest BCUT2D eigenvalue weighted by molar-refractivity contribution is -0.384. The van der Waals surface area contributed by atoms with E-state index in [0.717, 1.165) is 30.5 Å². The summed E-state index contributed by atoms with van der Waals surface area (Å²) in [6.45, 7) is 2.95. The molecule has 9 nitrogen and oxygen atoms in total. The van der Waals surface area contributed by atoms with Crippen molar-refractivity contribution < 1.29 is 14.5 Å². The Labute approximate surface area is 182 Å². The Bertz CT molecular complexity index is 1100. The van der Waals surface area contributed by atoms with Gasteiger partial charge in [0.2, 0.25) is 0 Å². The topological polar surface area (TPSA) is 110 Å². The van der Waals surface area contributed by atoms with Gasteiger partial charge in [0.1, 0.15) is 0 Å². The maximum Gasteiger partial charge on any atom is 0.270 e. The number of non-ortho nitro benzene ring substituents is 1. The first-order chi connectivity index (χ1) is 15.0. The molecule has 0 saturated carbocycles. The lowest BCUT2D eigenvalue weighted by Crippen LogP contribution is -2.36. The van der Waals surface area contributed by atoms with E-state index in [0.29, 0.717) is 24.6 Å². The molecule has 1 saturated heterocycles. The molecule has 0 unspecified atom stereocenters. The van der Waals surface area contributed by atoms with Crippen molar-refractivity contribution in [2.75, 3.05) is 36.5 Å². The molecule has 2 aromatic carbocycles. The van der Waals surface area contributed by atoms with Crippen molar-refractivity contribution in [2.45, 2.75) is 0 Å². The van der Waals surface area contributed by atoms with Crippen molar-refractivity contribution in [2.24, 2.45) is 0 Å². The smallest absolute Gasteiger partial charge is 0.270 e. The van der Waals surface area contributed by atoms with E-state index in [1.807, 2.05) is 24.3 Å². The van der Waals surface area contributed by atoms with Crippen molar-refractivity contribution in [3.8, 4) is 11.3 Å². The van der Waals surface area contributed by atoms with Gasteiger partial charge in [-0.25, -0.2) is 0 Å². The summed E-state index contributed by atoms with van der Waals surface area (Å²) < 4.78 is 5.35. The molecule has 0 spiro atoms. The summed E-state index contributed by atoms with van der Waals surface area (Å²) in [5.41, 5.74) is 2.11. The van der Waals surface area contributed by atoms with Crippen molar-refractivity contribution in [3.63, 3.8) is 0 Å². The lowest BCUT2D eigenvalue weighted by Gasteiger charge is -2.27. The summed E-state index contributed by atoms with van der Waals surface area (Å²) >= 11 is 6.02. The van der Waals surface area contributed by atoms with E-state index in [4.69, 9.17) is 16.3 Å². The number of nitro groups is 1. The van der Waals surface area contributed by atoms with Gasteiger partial charge in [-0.15, -0.1) is 10.2 Å². The number of carbonyl (C=O) groups excluding carboxylic acids is 1. The minimum absolute atomic E-state index is 0.0129. The predicted octanol–water partition coefficient (Wildman–Crippen LogP) is 3.79. The number of benzene rings is 2. The second kappa shape index (κ2) is 9.07. The van der Waals surface area contributed by atoms with Crippen LogP contribution < -0.4 is 10.2 Å². The van der Waals surface area contributed by atoms with E-state index in [1.165, 1.54) is 12.1 Å². The third-order valence-electron chi connectivity index (χ3n) is 4.83. The van der Waals surface area contributed by atoms with Crippen LogP contribution in [-0.2, 0) is 4.74 Å². The number of anilines is 2. The molecule has 3 aromatic rings. The second-order valence-corrected chi connectivity index (χ2v) is 7.24. The molecule has 158 valence electrons. The van der Waals surface area contributed by atoms with Crippen LogP contribution in [-0.4, -0.2) is 47.3 Å². The van der Waals surface area contributed by atoms with Gasteiger partial charge in [-0.2, -0.15) is 0 Å². The van der Waals surface area contributed by atoms with E-state index in [2.05, 4.69) is 20.4 Å². The standard InChI is InChI=1S/C21H18ClN5O4/c22-18-13-16(27(29)30)5-6-17(18)21(28)23-15-3-1-14(2-4-15)19-7-8-20(25-24-19)26-9-11-31-12-10-26/h1-8,13H,9-12H2,(H,23,28). The zero-order valence-corrected chi connectivity index (χ0v) is 17.1. The van der Waals surface area contributed by atoms with Gasteiger partial charge in [0.05, 0.1) is 34.4 Å². The molecule has 0 radical (unpaired) electrons. The summed E-state index contributed by atoms with van der Waals surface area (Å²) in [6, 6.07) is 14.7. The number of hydrogen-bond acceptors (Lipinski definition) is 7. The third kappa shape index (κ3) is 4.79. The summed E-state index contributed by atoms with van der Waals surface area (Å²) in [6.07, 6.45) is 0. The first-order valence-corrected chi connectivity index (χ1v) is 9.91. The summed E-state index contributed by atoms with van der Waals surface area (Å²) in [5.74, 6) is 0.359. The number of aromatic nitrogens is 2. The molecular weight excluding hydrogens is 422 g/mol. The Morgan fingerprint density at radius 1 is 1.06 bits per heavy atom. The van der Waals surface area contributed by atoms with Crippen LogP contribution in [0.4, 0.5) is 17.2 Å². The number of amides is 1. The van der Waals surface area contributed by atoms with Crippen LogP contribution in [0.3, 0.4) is 0 Å². The van der Waals surface area contributed by atoms with Gasteiger partial charge in [0, 0.05) is 36.5 Å². The number of morpholine rings is 1. The van der Waals surface area contributed by atoms with Crippen molar-refractivity contribution in [1.82, 2.24) is 10.2 Å². The maximum atomic E-state index is 12.5. The Morgan fingerprint density at radius 3 is 2.42 bits per heavy atom. The fraction of sp³-hybridized carbons (Fsp3) is 0.190. The molecule has 0 aliphatic carbocycles. The number of ether oxygens (including phenoxy) is 1. The highest BCUT2D eigenvalue weighted by Gasteiger charge is 2.16. The number of nitro benzene ring substituents is 1. The zero-order chi connectivity index (χ0) is 21.8. The van der Waals surface area contributed by atoms with Crippen LogP contribution in [0.5, 0.6) is 0 Å². The molecular formula is C21H18ClN5O4. The SMILES string of the molecule is O=C(Nc1ccc(-c2ccc(N3CCOCC3)nn2)cc1)c1ccc([N+](=O)[O-])cc1Cl. The molecule has 2 heterocycles. The molecule has 1 fully saturated rings. The molecule has 4 rings (SSSR count). The van der Waals surface area contributed by atoms with E-state index < -0.39 is 10.8 Å². The largest absolute Gasteiger partial charge is 0.378 e. The zero-order valence-electron chi connectivity index (χ0n) is 16.3. The number of nitrogens with one attached hydrogen (secondary N) is 1. The van der Waals surface area contributed by atoms with E-state index in [1.54, 1.807) is 12.1 Å². The maximum absolute atomic E-state index is 12.5. The quantitative estimate of drug-likeness (QED) is 0.475. The molecule has 1 aromatic heterocycles. The molecule has 31 heavy (non-hydrogen) atoms. The summed E-state index contributed by atoms with van der Waals surface area (Å²) in [5, 5.41) is 22.2. The Morgan fingerprint density at radius 2 is 1.81 bits per heavy atom. The lowest BCUT2D eigenvalue weighted by atomic mass is 10.1. The van der Waals surface area contributed by atoms with Crippen LogP contribution in [0.25, 0.3) is 11.3 Å². The fourth-order valence-electron chi connectivity index (χ4n) is 3.16. The molecule has 0 atom stereocenters. The van der Waals surface area contributed by atoms with Crippen LogP contribution in [0.1, 0.15) is 10.4 Å². The van der Waals surface area contributed by atoms with Crippen molar-refractivity contribution in [1.29, 1.82) is 0 Å². The minimum atomic E-state index is -0.567. The van der Waals surface area contributed by atoms with E-state index >= 15 is 0 Å². The normalized spacial score (nSPS) is 13.6. The molecule has 0 bridgehead atoms. The first-order valence-electron chi connectivity index (χ1n) is 9.53. The van der Waals surface area contributed by atoms with Crippen molar-refractivity contribution in [3.05, 3.63) is 75.3 Å². The van der Waals surface area contributed by atoms with Gasteiger partial charge < -0.3 is 15.0 Å². The number of rotatable bonds is 5. The van der Waals surface area contributed by atoms with Crippen LogP contribution >= 0.6 is 11.6 Å². The fourth-order valence-corrected chi connectivity index (χ4v) is 3.43. The number of hydrogen-bond donors (Lipinski definition) is 1. The van der Waals surface area contributed by atoms with Crippen molar-refractivity contribution >= 4 is 34.7 Å². The van der Waals surface area contributed by atoms with Crippen LogP contribution in [0, 0.1) is 10.1 Å². The summed E-state index contributed by atoms with van der Waals surface area (Å²) in [4.78, 5) is 24.8. The molecule has 10 heteroatoms. The molecule has 1 aliphatic heterocycles. The van der Waals surface area contributed by atoms with Gasteiger partial charge in [-0.1, -0.05) is 23.7 Å². The average molecular weight is 440 g/mol. The van der Waals surface area contributed by atoms with Gasteiger partial charge in [-0.3, -0.25) is 14.9 Å². The van der Waals surface area contributed by atoms with Gasteiger partial charge in [-0.05, 0) is 30.3 Å². The van der Waals surface area contributed by atoms with Gasteiger partial charge in [0.25, 0.3) is 11.6 Å². The molecule has 1 amide bonds. The monoisotopic (exact) mass is 439 g/mol. The Hall–Kier alpha value is -3.56. The second-order valence-electron chi connectivity index (χ2n) is 6.83. The minimum Gasteiger partial charge on any atom is -0.378 e. The Balaban J connectivity index is 1.43. The molecule has 1 aliphatic rings. The first kappa shape index (κ1) is 20.7. The predicted molar refractivity (Wildman–Crippen MR) is 117 cm³/mol. The third-order valence-corrected chi connectivity index (χ3v) is 5.14. The van der Waals surface area contributed by atoms with Gasteiger partial charge >= 0.3 is 0 Å². The average Bonchev–Trinajstić information content (AvgIpc) is 2.80. The number of halogens is 1. The highest BCUT2D eigenvalue weighted by molar-refractivity contribution is 6.34. The highest BCUT2D eigenvalue weighted by Crippen LogP contribution is 2.25. The Kier molecular flexibility index (Phi) is 6.06. The van der Waals surface area contributed by atoms with E-state index in [9.17, 15) is 14.9 Å². The van der Waals surface area contributed by atoms with Crippen LogP contribution in [0.2, 0.25) is 5.02 Å². The van der Waals surface area contributed by atoms with Crippen LogP contribution in [0.15, 0.2) is 54.6 Å². The van der Waals surface area contributed by atoms with Gasteiger partial charge in [0.15, 0.2) is 5.82 Å². The number of nitrogens with zero attached hydrogens (tertiary/aromatic N) is 4.